The van der Waals surface area contributed by atoms with Crippen LogP contribution in [0.15, 0.2) is 46.5 Å². The van der Waals surface area contributed by atoms with Crippen LogP contribution >= 0.6 is 11.3 Å². The number of pyridine rings is 1. The van der Waals surface area contributed by atoms with Crippen LogP contribution in [0.4, 0.5) is 16.6 Å². The van der Waals surface area contributed by atoms with Crippen molar-refractivity contribution in [1.29, 1.82) is 0 Å². The van der Waals surface area contributed by atoms with E-state index in [1.54, 1.807) is 23.7 Å². The lowest BCUT2D eigenvalue weighted by Gasteiger charge is -2.27. The van der Waals surface area contributed by atoms with Crippen molar-refractivity contribution in [3.8, 4) is 0 Å². The van der Waals surface area contributed by atoms with Gasteiger partial charge in [-0.1, -0.05) is 0 Å². The SMILES string of the molecule is O=C(Cc1csc(NC(=O)c2ccco2)n1)Nc1ccc(N2CCCCC2)nc1. The molecule has 0 radical (unpaired) electrons. The Morgan fingerprint density at radius 3 is 2.72 bits per heavy atom. The number of hydrogen-bond acceptors (Lipinski definition) is 7. The quantitative estimate of drug-likeness (QED) is 0.643. The Bertz CT molecular complexity index is 962. The third-order valence-corrected chi connectivity index (χ3v) is 5.38. The minimum Gasteiger partial charge on any atom is -0.459 e. The molecule has 0 aromatic carbocycles. The van der Waals surface area contributed by atoms with E-state index >= 15 is 0 Å². The molecule has 0 spiro atoms. The van der Waals surface area contributed by atoms with Crippen LogP contribution < -0.4 is 15.5 Å². The first-order valence-electron chi connectivity index (χ1n) is 9.47. The topological polar surface area (TPSA) is 100 Å². The zero-order chi connectivity index (χ0) is 20.1. The van der Waals surface area contributed by atoms with Gasteiger partial charge in [0.1, 0.15) is 5.82 Å². The van der Waals surface area contributed by atoms with E-state index in [-0.39, 0.29) is 24.0 Å². The highest BCUT2D eigenvalue weighted by atomic mass is 32.1. The van der Waals surface area contributed by atoms with Crippen LogP contribution in [0.3, 0.4) is 0 Å². The molecule has 0 unspecified atom stereocenters. The van der Waals surface area contributed by atoms with Crippen LogP contribution in [0.2, 0.25) is 0 Å². The minimum atomic E-state index is -0.375. The van der Waals surface area contributed by atoms with E-state index in [4.69, 9.17) is 4.42 Å². The van der Waals surface area contributed by atoms with Crippen molar-refractivity contribution in [3.63, 3.8) is 0 Å². The average molecular weight is 411 g/mol. The number of amides is 2. The lowest BCUT2D eigenvalue weighted by atomic mass is 10.1. The summed E-state index contributed by atoms with van der Waals surface area (Å²) in [5, 5.41) is 7.65. The van der Waals surface area contributed by atoms with E-state index in [0.717, 1.165) is 18.9 Å². The summed E-state index contributed by atoms with van der Waals surface area (Å²) < 4.78 is 5.04. The maximum absolute atomic E-state index is 12.3. The molecule has 0 bridgehead atoms. The molecule has 4 rings (SSSR count). The Kier molecular flexibility index (Phi) is 5.85. The molecule has 3 aromatic heterocycles. The molecule has 0 saturated carbocycles. The summed E-state index contributed by atoms with van der Waals surface area (Å²) in [5.74, 6) is 0.589. The molecule has 0 aliphatic carbocycles. The number of piperidine rings is 1. The summed E-state index contributed by atoms with van der Waals surface area (Å²) in [5.41, 5.74) is 1.23. The van der Waals surface area contributed by atoms with Crippen molar-refractivity contribution < 1.29 is 14.0 Å². The molecule has 4 heterocycles. The summed E-state index contributed by atoms with van der Waals surface area (Å²) in [4.78, 5) is 35.3. The van der Waals surface area contributed by atoms with Crippen molar-refractivity contribution >= 4 is 39.8 Å². The van der Waals surface area contributed by atoms with Gasteiger partial charge in [0.2, 0.25) is 5.91 Å². The van der Waals surface area contributed by atoms with Gasteiger partial charge in [-0.3, -0.25) is 14.9 Å². The van der Waals surface area contributed by atoms with E-state index in [9.17, 15) is 9.59 Å². The van der Waals surface area contributed by atoms with Gasteiger partial charge in [-0.15, -0.1) is 11.3 Å². The van der Waals surface area contributed by atoms with E-state index in [1.807, 2.05) is 12.1 Å². The number of thiazole rings is 1. The first kappa shape index (κ1) is 19.1. The summed E-state index contributed by atoms with van der Waals surface area (Å²) in [6, 6.07) is 7.01. The highest BCUT2D eigenvalue weighted by Crippen LogP contribution is 2.20. The van der Waals surface area contributed by atoms with Gasteiger partial charge in [-0.05, 0) is 43.5 Å². The second-order valence-electron chi connectivity index (χ2n) is 6.75. The van der Waals surface area contributed by atoms with Gasteiger partial charge in [0.05, 0.1) is 30.3 Å². The number of nitrogens with one attached hydrogen (secondary N) is 2. The Hall–Kier alpha value is -3.20. The second-order valence-corrected chi connectivity index (χ2v) is 7.61. The number of rotatable bonds is 6. The summed E-state index contributed by atoms with van der Waals surface area (Å²) >= 11 is 1.26. The van der Waals surface area contributed by atoms with Crippen molar-refractivity contribution in [3.05, 3.63) is 53.6 Å². The molecule has 0 atom stereocenters. The normalized spacial score (nSPS) is 13.9. The highest BCUT2D eigenvalue weighted by Gasteiger charge is 2.14. The van der Waals surface area contributed by atoms with E-state index in [0.29, 0.717) is 16.5 Å². The van der Waals surface area contributed by atoms with E-state index in [1.165, 1.54) is 36.9 Å². The molecule has 2 amide bonds. The third-order valence-electron chi connectivity index (χ3n) is 4.57. The summed E-state index contributed by atoms with van der Waals surface area (Å²) in [6.07, 6.45) is 6.88. The molecule has 8 nitrogen and oxygen atoms in total. The highest BCUT2D eigenvalue weighted by molar-refractivity contribution is 7.14. The predicted molar refractivity (Wildman–Crippen MR) is 111 cm³/mol. The van der Waals surface area contributed by atoms with Gasteiger partial charge < -0.3 is 14.6 Å². The molecular formula is C20H21N5O3S. The van der Waals surface area contributed by atoms with Crippen molar-refractivity contribution in [1.82, 2.24) is 9.97 Å². The van der Waals surface area contributed by atoms with Gasteiger partial charge in [-0.2, -0.15) is 0 Å². The smallest absolute Gasteiger partial charge is 0.293 e. The third kappa shape index (κ3) is 5.00. The van der Waals surface area contributed by atoms with Crippen LogP contribution in [-0.2, 0) is 11.2 Å². The van der Waals surface area contributed by atoms with Crippen molar-refractivity contribution in [2.24, 2.45) is 0 Å². The van der Waals surface area contributed by atoms with Crippen molar-refractivity contribution in [2.45, 2.75) is 25.7 Å². The molecular weight excluding hydrogens is 390 g/mol. The van der Waals surface area contributed by atoms with Crippen LogP contribution in [0.1, 0.15) is 35.5 Å². The second kappa shape index (κ2) is 8.87. The number of furan rings is 1. The number of aromatic nitrogens is 2. The van der Waals surface area contributed by atoms with Gasteiger partial charge >= 0.3 is 0 Å². The van der Waals surface area contributed by atoms with Gasteiger partial charge in [0.25, 0.3) is 5.91 Å². The van der Waals surface area contributed by atoms with Crippen LogP contribution in [0, 0.1) is 0 Å². The number of carbonyl (C=O) groups is 2. The number of nitrogens with zero attached hydrogens (tertiary/aromatic N) is 3. The molecule has 2 N–H and O–H groups in total. The molecule has 3 aromatic rings. The minimum absolute atomic E-state index is 0.112. The maximum atomic E-state index is 12.3. The maximum Gasteiger partial charge on any atom is 0.293 e. The largest absolute Gasteiger partial charge is 0.459 e. The Labute approximate surface area is 172 Å². The number of carbonyl (C=O) groups excluding carboxylic acids is 2. The average Bonchev–Trinajstić information content (AvgIpc) is 3.42. The Morgan fingerprint density at radius 2 is 2.00 bits per heavy atom. The van der Waals surface area contributed by atoms with Gasteiger partial charge in [0.15, 0.2) is 10.9 Å². The van der Waals surface area contributed by atoms with E-state index in [2.05, 4.69) is 25.5 Å². The van der Waals surface area contributed by atoms with Gasteiger partial charge in [0, 0.05) is 18.5 Å². The van der Waals surface area contributed by atoms with Gasteiger partial charge in [-0.25, -0.2) is 9.97 Å². The summed E-state index contributed by atoms with van der Waals surface area (Å²) in [7, 11) is 0. The summed E-state index contributed by atoms with van der Waals surface area (Å²) in [6.45, 7) is 2.06. The predicted octanol–water partition coefficient (Wildman–Crippen LogP) is 3.55. The lowest BCUT2D eigenvalue weighted by Crippen LogP contribution is -2.30. The zero-order valence-corrected chi connectivity index (χ0v) is 16.6. The fourth-order valence-electron chi connectivity index (χ4n) is 3.15. The van der Waals surface area contributed by atoms with Crippen LogP contribution in [0.5, 0.6) is 0 Å². The lowest BCUT2D eigenvalue weighted by molar-refractivity contribution is -0.115. The van der Waals surface area contributed by atoms with E-state index < -0.39 is 0 Å². The number of hydrogen-bond donors (Lipinski definition) is 2. The van der Waals surface area contributed by atoms with Crippen LogP contribution in [0.25, 0.3) is 0 Å². The standard InChI is InChI=1S/C20H21N5O3S/c26-18(22-14-6-7-17(21-12-14)25-8-2-1-3-9-25)11-15-13-29-20(23-15)24-19(27)16-5-4-10-28-16/h4-7,10,12-13H,1-3,8-9,11H2,(H,22,26)(H,23,24,27). The molecule has 1 aliphatic rings. The fourth-order valence-corrected chi connectivity index (χ4v) is 3.86. The molecule has 9 heteroatoms. The molecule has 1 aliphatic heterocycles. The Morgan fingerprint density at radius 1 is 1.14 bits per heavy atom. The first-order valence-corrected chi connectivity index (χ1v) is 10.4. The zero-order valence-electron chi connectivity index (χ0n) is 15.8. The molecule has 150 valence electrons. The Balaban J connectivity index is 1.29. The number of anilines is 3. The van der Waals surface area contributed by atoms with Crippen molar-refractivity contribution in [2.75, 3.05) is 28.6 Å². The first-order chi connectivity index (χ1) is 14.2. The fraction of sp³-hybridized carbons (Fsp3) is 0.300. The van der Waals surface area contributed by atoms with Crippen LogP contribution in [-0.4, -0.2) is 34.9 Å². The molecule has 1 saturated heterocycles. The molecule has 1 fully saturated rings. The molecule has 29 heavy (non-hydrogen) atoms. The monoisotopic (exact) mass is 411 g/mol.